The molecule has 104 valence electrons. The van der Waals surface area contributed by atoms with E-state index in [0.717, 1.165) is 30.2 Å². The first-order valence-corrected chi connectivity index (χ1v) is 6.54. The van der Waals surface area contributed by atoms with Crippen molar-refractivity contribution in [2.75, 3.05) is 19.9 Å². The summed E-state index contributed by atoms with van der Waals surface area (Å²) in [6.07, 6.45) is 0. The number of carbonyl (C=O) groups is 1. The van der Waals surface area contributed by atoms with Crippen LogP contribution in [0.1, 0.15) is 19.4 Å². The molecule has 0 aromatic heterocycles. The topological polar surface area (TPSA) is 59.6 Å². The van der Waals surface area contributed by atoms with Gasteiger partial charge in [0.15, 0.2) is 11.5 Å². The molecule has 1 aliphatic rings. The fraction of sp³-hybridized carbons (Fsp3) is 0.500. The van der Waals surface area contributed by atoms with Crippen LogP contribution in [0.5, 0.6) is 11.5 Å². The zero-order valence-electron chi connectivity index (χ0n) is 11.4. The largest absolute Gasteiger partial charge is 0.454 e. The van der Waals surface area contributed by atoms with E-state index in [1.807, 2.05) is 32.0 Å². The molecule has 0 saturated carbocycles. The van der Waals surface area contributed by atoms with Crippen molar-refractivity contribution in [3.05, 3.63) is 23.8 Å². The summed E-state index contributed by atoms with van der Waals surface area (Å²) in [7, 11) is 0. The monoisotopic (exact) mass is 264 g/mol. The highest BCUT2D eigenvalue weighted by Gasteiger charge is 2.12. The van der Waals surface area contributed by atoms with Crippen LogP contribution in [0.2, 0.25) is 0 Å². The SMILES string of the molecule is CC(C)C(=O)NCCNCc1ccc2c(c1)OCO2. The van der Waals surface area contributed by atoms with Crippen molar-refractivity contribution in [3.8, 4) is 11.5 Å². The zero-order chi connectivity index (χ0) is 13.7. The molecule has 1 aromatic rings. The first kappa shape index (κ1) is 13.7. The van der Waals surface area contributed by atoms with E-state index in [1.54, 1.807) is 0 Å². The lowest BCUT2D eigenvalue weighted by Crippen LogP contribution is -2.34. The van der Waals surface area contributed by atoms with Gasteiger partial charge in [-0.2, -0.15) is 0 Å². The maximum atomic E-state index is 11.3. The van der Waals surface area contributed by atoms with E-state index < -0.39 is 0 Å². The number of carbonyl (C=O) groups excluding carboxylic acids is 1. The summed E-state index contributed by atoms with van der Waals surface area (Å²) < 4.78 is 10.6. The van der Waals surface area contributed by atoms with Gasteiger partial charge in [0, 0.05) is 25.6 Å². The highest BCUT2D eigenvalue weighted by atomic mass is 16.7. The lowest BCUT2D eigenvalue weighted by atomic mass is 10.2. The quantitative estimate of drug-likeness (QED) is 0.760. The molecule has 5 heteroatoms. The number of nitrogens with one attached hydrogen (secondary N) is 2. The van der Waals surface area contributed by atoms with Crippen LogP contribution in [-0.2, 0) is 11.3 Å². The number of ether oxygens (including phenoxy) is 2. The molecule has 0 spiro atoms. The number of amides is 1. The molecule has 0 saturated heterocycles. The number of hydrogen-bond donors (Lipinski definition) is 2. The second-order valence-corrected chi connectivity index (χ2v) is 4.81. The number of hydrogen-bond acceptors (Lipinski definition) is 4. The molecule has 0 fully saturated rings. The summed E-state index contributed by atoms with van der Waals surface area (Å²) in [4.78, 5) is 11.3. The maximum absolute atomic E-state index is 11.3. The van der Waals surface area contributed by atoms with Gasteiger partial charge in [0.05, 0.1) is 0 Å². The molecule has 1 heterocycles. The molecule has 0 unspecified atom stereocenters. The van der Waals surface area contributed by atoms with Crippen molar-refractivity contribution in [1.29, 1.82) is 0 Å². The van der Waals surface area contributed by atoms with Gasteiger partial charge in [0.25, 0.3) is 0 Å². The summed E-state index contributed by atoms with van der Waals surface area (Å²) in [5.74, 6) is 1.72. The van der Waals surface area contributed by atoms with Crippen LogP contribution >= 0.6 is 0 Å². The molecule has 1 amide bonds. The first-order valence-electron chi connectivity index (χ1n) is 6.54. The molecular formula is C14H20N2O3. The van der Waals surface area contributed by atoms with Gasteiger partial charge >= 0.3 is 0 Å². The minimum atomic E-state index is 0.0360. The molecule has 2 rings (SSSR count). The van der Waals surface area contributed by atoms with Crippen molar-refractivity contribution in [3.63, 3.8) is 0 Å². The van der Waals surface area contributed by atoms with Crippen molar-refractivity contribution in [2.45, 2.75) is 20.4 Å². The Morgan fingerprint density at radius 2 is 2.05 bits per heavy atom. The average molecular weight is 264 g/mol. The molecule has 5 nitrogen and oxygen atoms in total. The van der Waals surface area contributed by atoms with Crippen molar-refractivity contribution in [1.82, 2.24) is 10.6 Å². The Kier molecular flexibility index (Phi) is 4.63. The predicted octanol–water partition coefficient (Wildman–Crippen LogP) is 1.28. The number of benzene rings is 1. The summed E-state index contributed by atoms with van der Waals surface area (Å²) in [6, 6.07) is 5.90. The summed E-state index contributed by atoms with van der Waals surface area (Å²) in [6.45, 7) is 6.20. The first-order chi connectivity index (χ1) is 9.16. The number of fused-ring (bicyclic) bond motifs is 1. The Morgan fingerprint density at radius 1 is 1.26 bits per heavy atom. The van der Waals surface area contributed by atoms with E-state index >= 15 is 0 Å². The summed E-state index contributed by atoms with van der Waals surface area (Å²) in [5.41, 5.74) is 1.14. The molecule has 0 atom stereocenters. The van der Waals surface area contributed by atoms with Crippen LogP contribution in [0.3, 0.4) is 0 Å². The van der Waals surface area contributed by atoms with Gasteiger partial charge in [-0.25, -0.2) is 0 Å². The van der Waals surface area contributed by atoms with Gasteiger partial charge in [-0.15, -0.1) is 0 Å². The van der Waals surface area contributed by atoms with Gasteiger partial charge < -0.3 is 20.1 Å². The van der Waals surface area contributed by atoms with E-state index in [9.17, 15) is 4.79 Å². The van der Waals surface area contributed by atoms with Gasteiger partial charge in [0.1, 0.15) is 0 Å². The van der Waals surface area contributed by atoms with Crippen LogP contribution in [0.4, 0.5) is 0 Å². The maximum Gasteiger partial charge on any atom is 0.231 e. The summed E-state index contributed by atoms with van der Waals surface area (Å²) in [5, 5.41) is 6.14. The fourth-order valence-corrected chi connectivity index (χ4v) is 1.76. The standard InChI is InChI=1S/C14H20N2O3/c1-10(2)14(17)16-6-5-15-8-11-3-4-12-13(7-11)19-9-18-12/h3-4,7,10,15H,5-6,8-9H2,1-2H3,(H,16,17). The molecular weight excluding hydrogens is 244 g/mol. The molecule has 19 heavy (non-hydrogen) atoms. The van der Waals surface area contributed by atoms with Crippen molar-refractivity contribution >= 4 is 5.91 Å². The van der Waals surface area contributed by atoms with E-state index in [0.29, 0.717) is 13.3 Å². The molecule has 1 aliphatic heterocycles. The third kappa shape index (κ3) is 3.86. The van der Waals surface area contributed by atoms with Gasteiger partial charge in [-0.3, -0.25) is 4.79 Å². The summed E-state index contributed by atoms with van der Waals surface area (Å²) >= 11 is 0. The fourth-order valence-electron chi connectivity index (χ4n) is 1.76. The Labute approximate surface area is 113 Å². The smallest absolute Gasteiger partial charge is 0.231 e. The van der Waals surface area contributed by atoms with Crippen LogP contribution in [-0.4, -0.2) is 25.8 Å². The third-order valence-corrected chi connectivity index (χ3v) is 2.89. The molecule has 2 N–H and O–H groups in total. The van der Waals surface area contributed by atoms with Crippen molar-refractivity contribution < 1.29 is 14.3 Å². The van der Waals surface area contributed by atoms with E-state index in [4.69, 9.17) is 9.47 Å². The molecule has 0 bridgehead atoms. The minimum absolute atomic E-state index is 0.0360. The Balaban J connectivity index is 1.67. The van der Waals surface area contributed by atoms with Gasteiger partial charge in [-0.05, 0) is 17.7 Å². The number of rotatable bonds is 6. The Bertz CT molecular complexity index is 446. The lowest BCUT2D eigenvalue weighted by Gasteiger charge is -2.09. The van der Waals surface area contributed by atoms with Crippen LogP contribution < -0.4 is 20.1 Å². The van der Waals surface area contributed by atoms with Crippen LogP contribution in [0, 0.1) is 5.92 Å². The third-order valence-electron chi connectivity index (χ3n) is 2.89. The second kappa shape index (κ2) is 6.43. The minimum Gasteiger partial charge on any atom is -0.454 e. The Morgan fingerprint density at radius 3 is 2.84 bits per heavy atom. The normalized spacial score (nSPS) is 12.8. The zero-order valence-corrected chi connectivity index (χ0v) is 11.4. The van der Waals surface area contributed by atoms with E-state index in [-0.39, 0.29) is 11.8 Å². The lowest BCUT2D eigenvalue weighted by molar-refractivity contribution is -0.123. The highest BCUT2D eigenvalue weighted by molar-refractivity contribution is 5.77. The van der Waals surface area contributed by atoms with Crippen LogP contribution in [0.25, 0.3) is 0 Å². The van der Waals surface area contributed by atoms with Gasteiger partial charge in [-0.1, -0.05) is 19.9 Å². The second-order valence-electron chi connectivity index (χ2n) is 4.81. The van der Waals surface area contributed by atoms with Crippen LogP contribution in [0.15, 0.2) is 18.2 Å². The van der Waals surface area contributed by atoms with Crippen molar-refractivity contribution in [2.24, 2.45) is 5.92 Å². The Hall–Kier alpha value is -1.75. The highest BCUT2D eigenvalue weighted by Crippen LogP contribution is 2.32. The average Bonchev–Trinajstić information content (AvgIpc) is 2.85. The molecule has 0 aliphatic carbocycles. The van der Waals surface area contributed by atoms with E-state index in [2.05, 4.69) is 10.6 Å². The van der Waals surface area contributed by atoms with Gasteiger partial charge in [0.2, 0.25) is 12.7 Å². The predicted molar refractivity (Wildman–Crippen MR) is 72.1 cm³/mol. The molecule has 1 aromatic carbocycles. The van der Waals surface area contributed by atoms with E-state index in [1.165, 1.54) is 0 Å². The molecule has 0 radical (unpaired) electrons.